The Morgan fingerprint density at radius 1 is 0.913 bits per heavy atom. The first kappa shape index (κ1) is 22.1. The molecule has 0 aliphatic carbocycles. The second-order valence-electron chi connectivity index (χ2n) is 7.31. The van der Waals surface area contributed by atoms with Crippen LogP contribution in [0.25, 0.3) is 0 Å². The maximum atomic E-state index is 6.07. The van der Waals surface area contributed by atoms with Gasteiger partial charge in [-0.2, -0.15) is 0 Å². The molecule has 1 aliphatic rings. The van der Waals surface area contributed by atoms with Crippen LogP contribution in [-0.4, -0.2) is 23.3 Å². The summed E-state index contributed by atoms with van der Waals surface area (Å²) in [7, 11) is -0.311. The van der Waals surface area contributed by atoms with Gasteiger partial charge in [-0.15, -0.1) is 0 Å². The Bertz CT molecular complexity index is 463. The van der Waals surface area contributed by atoms with Crippen molar-refractivity contribution < 1.29 is 9.31 Å². The smallest absolute Gasteiger partial charge is 0.399 e. The zero-order valence-corrected chi connectivity index (χ0v) is 17.1. The maximum absolute atomic E-state index is 6.07. The molecule has 1 aromatic rings. The molecule has 0 spiro atoms. The monoisotopic (exact) mass is 321 g/mol. The summed E-state index contributed by atoms with van der Waals surface area (Å²) in [5, 5.41) is 0. The number of aromatic nitrogens is 1. The van der Waals surface area contributed by atoms with E-state index in [1.165, 1.54) is 0 Å². The lowest BCUT2D eigenvalue weighted by Crippen LogP contribution is -2.41. The summed E-state index contributed by atoms with van der Waals surface area (Å²) in [6.07, 6.45) is 1.83. The number of pyridine rings is 1. The standard InChI is InChI=1S/C15H24BNO2.2C2H6/c1-13(2,3)12-10-11(8-9-17-12)16-18-14(4,5)15(6,7)19-16;2*1-2/h8-10H,1-7H3;2*1-2H3. The Balaban J connectivity index is 0.00000112. The molecule has 1 aromatic heterocycles. The molecule has 1 saturated heterocycles. The van der Waals surface area contributed by atoms with E-state index in [-0.39, 0.29) is 23.7 Å². The molecule has 0 aromatic carbocycles. The summed E-state index contributed by atoms with van der Waals surface area (Å²) < 4.78 is 12.1. The minimum Gasteiger partial charge on any atom is -0.399 e. The Labute approximate surface area is 144 Å². The first-order chi connectivity index (χ1) is 10.5. The van der Waals surface area contributed by atoms with Gasteiger partial charge in [0, 0.05) is 17.3 Å². The molecular weight excluding hydrogens is 285 g/mol. The Morgan fingerprint density at radius 2 is 1.35 bits per heavy atom. The summed E-state index contributed by atoms with van der Waals surface area (Å²) >= 11 is 0. The molecule has 0 bridgehead atoms. The highest BCUT2D eigenvalue weighted by Crippen LogP contribution is 2.36. The molecule has 0 saturated carbocycles. The average molecular weight is 321 g/mol. The van der Waals surface area contributed by atoms with E-state index in [1.54, 1.807) is 0 Å². The van der Waals surface area contributed by atoms with Gasteiger partial charge in [-0.25, -0.2) is 0 Å². The second kappa shape index (κ2) is 8.30. The highest BCUT2D eigenvalue weighted by Gasteiger charge is 2.51. The lowest BCUT2D eigenvalue weighted by atomic mass is 9.77. The van der Waals surface area contributed by atoms with E-state index in [2.05, 4.69) is 59.5 Å². The zero-order valence-electron chi connectivity index (χ0n) is 17.1. The third kappa shape index (κ3) is 5.32. The van der Waals surface area contributed by atoms with Gasteiger partial charge in [0.2, 0.25) is 0 Å². The predicted octanol–water partition coefficient (Wildman–Crippen LogP) is 4.73. The minimum absolute atomic E-state index is 0.0274. The molecule has 4 heteroatoms. The summed E-state index contributed by atoms with van der Waals surface area (Å²) in [5.41, 5.74) is 1.52. The first-order valence-electron chi connectivity index (χ1n) is 8.85. The van der Waals surface area contributed by atoms with Crippen molar-refractivity contribution in [2.75, 3.05) is 0 Å². The normalized spacial score (nSPS) is 18.5. The van der Waals surface area contributed by atoms with Crippen molar-refractivity contribution in [2.24, 2.45) is 0 Å². The number of rotatable bonds is 1. The fourth-order valence-corrected chi connectivity index (χ4v) is 1.98. The van der Waals surface area contributed by atoms with E-state index in [1.807, 2.05) is 40.0 Å². The van der Waals surface area contributed by atoms with Crippen LogP contribution in [0, 0.1) is 0 Å². The maximum Gasteiger partial charge on any atom is 0.494 e. The van der Waals surface area contributed by atoms with Crippen LogP contribution in [0.3, 0.4) is 0 Å². The quantitative estimate of drug-likeness (QED) is 0.701. The highest BCUT2D eigenvalue weighted by molar-refractivity contribution is 6.62. The second-order valence-corrected chi connectivity index (χ2v) is 7.31. The molecule has 0 N–H and O–H groups in total. The lowest BCUT2D eigenvalue weighted by molar-refractivity contribution is 0.00578. The number of hydrogen-bond donors (Lipinski definition) is 0. The van der Waals surface area contributed by atoms with Crippen molar-refractivity contribution in [3.8, 4) is 0 Å². The van der Waals surface area contributed by atoms with Crippen LogP contribution in [-0.2, 0) is 14.7 Å². The van der Waals surface area contributed by atoms with Crippen molar-refractivity contribution in [2.45, 2.75) is 92.8 Å². The molecule has 2 heterocycles. The van der Waals surface area contributed by atoms with Gasteiger partial charge < -0.3 is 9.31 Å². The number of hydrogen-bond acceptors (Lipinski definition) is 3. The summed E-state index contributed by atoms with van der Waals surface area (Å²) in [6, 6.07) is 4.06. The van der Waals surface area contributed by atoms with Crippen molar-refractivity contribution in [1.29, 1.82) is 0 Å². The predicted molar refractivity (Wildman–Crippen MR) is 101 cm³/mol. The van der Waals surface area contributed by atoms with Gasteiger partial charge >= 0.3 is 7.12 Å². The SMILES string of the molecule is CC.CC.CC(C)(C)c1cc(B2OC(C)(C)C(C)(C)O2)ccn1. The van der Waals surface area contributed by atoms with Gasteiger partial charge in [0.05, 0.1) is 11.2 Å². The van der Waals surface area contributed by atoms with E-state index in [4.69, 9.17) is 9.31 Å². The van der Waals surface area contributed by atoms with Crippen LogP contribution < -0.4 is 5.46 Å². The van der Waals surface area contributed by atoms with Crippen molar-refractivity contribution in [3.63, 3.8) is 0 Å². The molecule has 0 amide bonds. The molecule has 0 unspecified atom stereocenters. The minimum atomic E-state index is -0.311. The molecular formula is C19H36BNO2. The van der Waals surface area contributed by atoms with Gasteiger partial charge in [-0.3, -0.25) is 4.98 Å². The van der Waals surface area contributed by atoms with E-state index < -0.39 is 0 Å². The Kier molecular flexibility index (Phi) is 7.99. The van der Waals surface area contributed by atoms with Crippen LogP contribution in [0.5, 0.6) is 0 Å². The van der Waals surface area contributed by atoms with E-state index in [9.17, 15) is 0 Å². The summed E-state index contributed by atoms with van der Waals surface area (Å²) in [4.78, 5) is 4.44. The van der Waals surface area contributed by atoms with E-state index in [0.717, 1.165) is 11.2 Å². The molecule has 2 rings (SSSR count). The Hall–Kier alpha value is -0.865. The molecule has 0 radical (unpaired) electrons. The fraction of sp³-hybridized carbons (Fsp3) is 0.737. The van der Waals surface area contributed by atoms with Crippen LogP contribution in [0.15, 0.2) is 18.3 Å². The van der Waals surface area contributed by atoms with Crippen molar-refractivity contribution in [3.05, 3.63) is 24.0 Å². The zero-order chi connectivity index (χ0) is 18.5. The summed E-state index contributed by atoms with van der Waals surface area (Å²) in [6.45, 7) is 22.7. The van der Waals surface area contributed by atoms with Gasteiger partial charge in [0.15, 0.2) is 0 Å². The topological polar surface area (TPSA) is 31.4 Å². The molecule has 3 nitrogen and oxygen atoms in total. The molecule has 132 valence electrons. The fourth-order valence-electron chi connectivity index (χ4n) is 1.98. The molecule has 23 heavy (non-hydrogen) atoms. The third-order valence-electron chi connectivity index (χ3n) is 4.08. The molecule has 1 fully saturated rings. The molecule has 1 aliphatic heterocycles. The van der Waals surface area contributed by atoms with E-state index >= 15 is 0 Å². The first-order valence-corrected chi connectivity index (χ1v) is 8.85. The van der Waals surface area contributed by atoms with Crippen LogP contribution in [0.4, 0.5) is 0 Å². The van der Waals surface area contributed by atoms with Crippen molar-refractivity contribution in [1.82, 2.24) is 4.98 Å². The van der Waals surface area contributed by atoms with E-state index in [0.29, 0.717) is 0 Å². The van der Waals surface area contributed by atoms with Crippen LogP contribution in [0.2, 0.25) is 0 Å². The van der Waals surface area contributed by atoms with Gasteiger partial charge in [-0.05, 0) is 45.3 Å². The van der Waals surface area contributed by atoms with Crippen molar-refractivity contribution >= 4 is 12.6 Å². The van der Waals surface area contributed by atoms with Crippen LogP contribution >= 0.6 is 0 Å². The van der Waals surface area contributed by atoms with Gasteiger partial charge in [0.25, 0.3) is 0 Å². The highest BCUT2D eigenvalue weighted by atomic mass is 16.7. The lowest BCUT2D eigenvalue weighted by Gasteiger charge is -2.32. The largest absolute Gasteiger partial charge is 0.494 e. The summed E-state index contributed by atoms with van der Waals surface area (Å²) in [5.74, 6) is 0. The molecule has 0 atom stereocenters. The van der Waals surface area contributed by atoms with Crippen LogP contribution in [0.1, 0.15) is 81.9 Å². The Morgan fingerprint density at radius 3 is 1.74 bits per heavy atom. The van der Waals surface area contributed by atoms with Gasteiger partial charge in [0.1, 0.15) is 0 Å². The average Bonchev–Trinajstić information content (AvgIpc) is 2.71. The van der Waals surface area contributed by atoms with Gasteiger partial charge in [-0.1, -0.05) is 48.5 Å². The third-order valence-corrected chi connectivity index (χ3v) is 4.08. The number of nitrogens with zero attached hydrogens (tertiary/aromatic N) is 1.